The maximum Gasteiger partial charge on any atom is 0.353 e. The van der Waals surface area contributed by atoms with Gasteiger partial charge in [-0.2, -0.15) is 4.98 Å². The van der Waals surface area contributed by atoms with Gasteiger partial charge in [-0.25, -0.2) is 4.79 Å². The first-order chi connectivity index (χ1) is 14.7. The highest BCUT2D eigenvalue weighted by Gasteiger charge is 2.50. The Morgan fingerprint density at radius 3 is 1.85 bits per heavy atom. The highest BCUT2D eigenvalue weighted by molar-refractivity contribution is 6.71. The van der Waals surface area contributed by atoms with E-state index in [9.17, 15) is 4.79 Å². The minimum Gasteiger partial charge on any atom is -0.531 e. The van der Waals surface area contributed by atoms with Crippen LogP contribution in [0.1, 0.15) is 6.23 Å². The third-order valence-corrected chi connectivity index (χ3v) is 8.25. The van der Waals surface area contributed by atoms with Crippen molar-refractivity contribution in [2.75, 3.05) is 6.61 Å². The molecule has 0 radical (unpaired) electrons. The quantitative estimate of drug-likeness (QED) is 0.406. The molecule has 2 rings (SSSR count). The smallest absolute Gasteiger partial charge is 0.353 e. The van der Waals surface area contributed by atoms with Crippen LogP contribution in [-0.2, 0) is 18.0 Å². The highest BCUT2D eigenvalue weighted by Crippen LogP contribution is 2.37. The van der Waals surface area contributed by atoms with Crippen molar-refractivity contribution in [1.82, 2.24) is 9.55 Å². The van der Waals surface area contributed by atoms with Gasteiger partial charge in [0.15, 0.2) is 31.2 Å². The first-order valence-electron chi connectivity index (χ1n) is 11.7. The minimum atomic E-state index is -1.99. The standard InChI is InChI=1S/C21H44N2O6Si4/c1-30(2,3)25-15-16-18(28-32(7,8)9)19(29-33(10,11)12)20(26-16)23-14-13-17(22-21(23)24)27-31(4,5)6/h13-14,16,18-20H,15H2,1-12H3/t16-,18-,19-,20?/m0/s1. The van der Waals surface area contributed by atoms with E-state index >= 15 is 0 Å². The second-order valence-electron chi connectivity index (χ2n) is 12.5. The summed E-state index contributed by atoms with van der Waals surface area (Å²) in [6, 6.07) is 1.73. The van der Waals surface area contributed by atoms with Crippen molar-refractivity contribution in [3.8, 4) is 5.88 Å². The molecule has 1 unspecified atom stereocenters. The average Bonchev–Trinajstić information content (AvgIpc) is 2.85. The van der Waals surface area contributed by atoms with Crippen molar-refractivity contribution in [2.45, 2.75) is 103 Å². The minimum absolute atomic E-state index is 0.324. The molecule has 1 saturated heterocycles. The number of ether oxygens (including phenoxy) is 1. The third kappa shape index (κ3) is 9.51. The zero-order valence-electron chi connectivity index (χ0n) is 22.5. The summed E-state index contributed by atoms with van der Waals surface area (Å²) < 4.78 is 33.3. The SMILES string of the molecule is C[Si](C)(C)OC[C@@H]1OC(n2ccc(O[Si](C)(C)C)nc2=O)[C@@H](O[Si](C)(C)C)[C@H]1O[Si](C)(C)C. The molecular formula is C21H44N2O6Si4. The van der Waals surface area contributed by atoms with Crippen molar-refractivity contribution in [2.24, 2.45) is 0 Å². The largest absolute Gasteiger partial charge is 0.531 e. The first-order valence-corrected chi connectivity index (χ1v) is 25.3. The van der Waals surface area contributed by atoms with Crippen molar-refractivity contribution < 1.29 is 22.4 Å². The lowest BCUT2D eigenvalue weighted by atomic mass is 10.1. The van der Waals surface area contributed by atoms with E-state index in [2.05, 4.69) is 83.5 Å². The molecule has 33 heavy (non-hydrogen) atoms. The maximum absolute atomic E-state index is 13.0. The summed E-state index contributed by atoms with van der Waals surface area (Å²) in [6.45, 7) is 25.9. The van der Waals surface area contributed by atoms with Crippen LogP contribution in [0.2, 0.25) is 78.6 Å². The maximum atomic E-state index is 13.0. The van der Waals surface area contributed by atoms with Gasteiger partial charge in [0.05, 0.1) is 6.61 Å². The predicted octanol–water partition coefficient (Wildman–Crippen LogP) is 4.65. The van der Waals surface area contributed by atoms with Gasteiger partial charge in [0.2, 0.25) is 14.2 Å². The molecule has 4 atom stereocenters. The zero-order valence-corrected chi connectivity index (χ0v) is 26.5. The molecule has 0 N–H and O–H groups in total. The van der Waals surface area contributed by atoms with Gasteiger partial charge < -0.3 is 22.4 Å². The fraction of sp³-hybridized carbons (Fsp3) is 0.810. The van der Waals surface area contributed by atoms with Gasteiger partial charge in [-0.3, -0.25) is 4.57 Å². The van der Waals surface area contributed by atoms with E-state index in [1.165, 1.54) is 4.57 Å². The Bertz CT molecular complexity index is 855. The van der Waals surface area contributed by atoms with Crippen molar-refractivity contribution in [1.29, 1.82) is 0 Å². The fourth-order valence-electron chi connectivity index (χ4n) is 3.44. The van der Waals surface area contributed by atoms with Crippen LogP contribution in [0.4, 0.5) is 0 Å². The molecule has 0 saturated carbocycles. The lowest BCUT2D eigenvalue weighted by molar-refractivity contribution is -0.0497. The Labute approximate surface area is 203 Å². The zero-order chi connectivity index (χ0) is 25.4. The summed E-state index contributed by atoms with van der Waals surface area (Å²) in [4.78, 5) is 17.2. The second kappa shape index (κ2) is 10.2. The van der Waals surface area contributed by atoms with Gasteiger partial charge in [-0.15, -0.1) is 0 Å². The van der Waals surface area contributed by atoms with Crippen LogP contribution in [0.3, 0.4) is 0 Å². The molecule has 1 fully saturated rings. The molecule has 12 heteroatoms. The van der Waals surface area contributed by atoms with Crippen LogP contribution < -0.4 is 10.1 Å². The summed E-state index contributed by atoms with van der Waals surface area (Å²) in [7, 11) is -7.59. The monoisotopic (exact) mass is 532 g/mol. The Hall–Kier alpha value is -0.612. The van der Waals surface area contributed by atoms with Crippen LogP contribution in [0, 0.1) is 0 Å². The van der Waals surface area contributed by atoms with Crippen LogP contribution in [-0.4, -0.2) is 67.7 Å². The van der Waals surface area contributed by atoms with Crippen LogP contribution in [0.15, 0.2) is 17.1 Å². The van der Waals surface area contributed by atoms with E-state index in [1.54, 1.807) is 12.3 Å². The number of nitrogens with zero attached hydrogens (tertiary/aromatic N) is 2. The molecule has 0 aliphatic carbocycles. The summed E-state index contributed by atoms with van der Waals surface area (Å²) >= 11 is 0. The Balaban J connectivity index is 2.46. The summed E-state index contributed by atoms with van der Waals surface area (Å²) in [6.07, 6.45) is -0.0334. The third-order valence-electron chi connectivity index (χ3n) is 4.43. The lowest BCUT2D eigenvalue weighted by Crippen LogP contribution is -2.49. The second-order valence-corrected chi connectivity index (χ2v) is 30.4. The normalized spacial score (nSPS) is 24.8. The first kappa shape index (κ1) is 28.6. The molecule has 0 spiro atoms. The van der Waals surface area contributed by atoms with Crippen molar-refractivity contribution in [3.63, 3.8) is 0 Å². The van der Waals surface area contributed by atoms with Crippen LogP contribution in [0.25, 0.3) is 0 Å². The predicted molar refractivity (Wildman–Crippen MR) is 142 cm³/mol. The Morgan fingerprint density at radius 1 is 0.848 bits per heavy atom. The highest BCUT2D eigenvalue weighted by atomic mass is 28.4. The summed E-state index contributed by atoms with van der Waals surface area (Å²) in [5.41, 5.74) is -0.418. The van der Waals surface area contributed by atoms with Gasteiger partial charge in [-0.1, -0.05) is 0 Å². The number of aromatic nitrogens is 2. The van der Waals surface area contributed by atoms with E-state index in [-0.39, 0.29) is 12.2 Å². The van der Waals surface area contributed by atoms with Crippen LogP contribution in [0.5, 0.6) is 5.88 Å². The molecular weight excluding hydrogens is 489 g/mol. The number of hydrogen-bond acceptors (Lipinski definition) is 7. The number of hydrogen-bond donors (Lipinski definition) is 0. The molecule has 0 aromatic carbocycles. The molecule has 1 aromatic heterocycles. The van der Waals surface area contributed by atoms with Gasteiger partial charge in [-0.05, 0) is 78.6 Å². The van der Waals surface area contributed by atoms with E-state index in [0.29, 0.717) is 12.5 Å². The van der Waals surface area contributed by atoms with Gasteiger partial charge >= 0.3 is 5.69 Å². The topological polar surface area (TPSA) is 81.0 Å². The van der Waals surface area contributed by atoms with Crippen LogP contribution >= 0.6 is 0 Å². The Morgan fingerprint density at radius 2 is 1.39 bits per heavy atom. The van der Waals surface area contributed by atoms with Gasteiger partial charge in [0.25, 0.3) is 0 Å². The van der Waals surface area contributed by atoms with E-state index in [0.717, 1.165) is 0 Å². The molecule has 190 valence electrons. The molecule has 2 heterocycles. The average molecular weight is 533 g/mol. The van der Waals surface area contributed by atoms with E-state index < -0.39 is 51.3 Å². The lowest BCUT2D eigenvalue weighted by Gasteiger charge is -2.34. The fourth-order valence-corrected chi connectivity index (χ4v) is 7.02. The summed E-state index contributed by atoms with van der Waals surface area (Å²) in [5, 5.41) is 0. The molecule has 1 aliphatic rings. The molecule has 0 bridgehead atoms. The van der Waals surface area contributed by atoms with Crippen molar-refractivity contribution in [3.05, 3.63) is 22.7 Å². The Kier molecular flexibility index (Phi) is 8.82. The van der Waals surface area contributed by atoms with E-state index in [1.807, 2.05) is 0 Å². The molecule has 8 nitrogen and oxygen atoms in total. The van der Waals surface area contributed by atoms with Gasteiger partial charge in [0.1, 0.15) is 18.3 Å². The summed E-state index contributed by atoms with van der Waals surface area (Å²) in [5.74, 6) is 0.351. The van der Waals surface area contributed by atoms with E-state index in [4.69, 9.17) is 22.4 Å². The number of rotatable bonds is 10. The van der Waals surface area contributed by atoms with Gasteiger partial charge in [0, 0.05) is 12.3 Å². The van der Waals surface area contributed by atoms with Crippen molar-refractivity contribution >= 4 is 33.3 Å². The molecule has 1 aromatic rings. The molecule has 1 aliphatic heterocycles. The molecule has 0 amide bonds.